The number of ether oxygens (including phenoxy) is 1. The Labute approximate surface area is 112 Å². The van der Waals surface area contributed by atoms with E-state index in [0.29, 0.717) is 6.61 Å². The Morgan fingerprint density at radius 1 is 1.39 bits per heavy atom. The highest BCUT2D eigenvalue weighted by atomic mass is 32.1. The number of thiazole rings is 1. The second-order valence-corrected chi connectivity index (χ2v) is 5.56. The fourth-order valence-corrected chi connectivity index (χ4v) is 2.24. The van der Waals surface area contributed by atoms with E-state index in [4.69, 9.17) is 4.74 Å². The van der Waals surface area contributed by atoms with Crippen molar-refractivity contribution in [2.45, 2.75) is 6.92 Å². The van der Waals surface area contributed by atoms with Crippen LogP contribution in [0, 0.1) is 13.1 Å². The topological polar surface area (TPSA) is 25.4 Å². The van der Waals surface area contributed by atoms with Crippen molar-refractivity contribution >= 4 is 11.3 Å². The van der Waals surface area contributed by atoms with Gasteiger partial charge in [-0.2, -0.15) is 0 Å². The number of hydrogen-bond donors (Lipinski definition) is 0. The van der Waals surface area contributed by atoms with Crippen LogP contribution in [0.4, 0.5) is 0 Å². The van der Waals surface area contributed by atoms with Crippen molar-refractivity contribution in [2.75, 3.05) is 27.2 Å². The summed E-state index contributed by atoms with van der Waals surface area (Å²) in [5, 5.41) is 1.03. The molecule has 0 spiro atoms. The fourth-order valence-electron chi connectivity index (χ4n) is 1.52. The normalized spacial score (nSPS) is 10.9. The second kappa shape index (κ2) is 5.98. The molecule has 3 nitrogen and oxygen atoms in total. The van der Waals surface area contributed by atoms with Crippen LogP contribution in [-0.2, 0) is 0 Å². The first-order chi connectivity index (χ1) is 8.65. The van der Waals surface area contributed by atoms with E-state index in [2.05, 4.69) is 22.1 Å². The Morgan fingerprint density at radius 2 is 2.22 bits per heavy atom. The molecule has 0 amide bonds. The predicted molar refractivity (Wildman–Crippen MR) is 75.2 cm³/mol. The van der Waals surface area contributed by atoms with Gasteiger partial charge in [-0.15, -0.1) is 11.3 Å². The highest BCUT2D eigenvalue weighted by Crippen LogP contribution is 2.27. The average molecular weight is 261 g/mol. The Balaban J connectivity index is 2.05. The summed E-state index contributed by atoms with van der Waals surface area (Å²) in [6.45, 7) is 3.60. The molecular weight excluding hydrogens is 244 g/mol. The summed E-state index contributed by atoms with van der Waals surface area (Å²) < 4.78 is 5.71. The predicted octanol–water partition coefficient (Wildman–Crippen LogP) is 2.86. The summed E-state index contributed by atoms with van der Waals surface area (Å²) in [4.78, 5) is 7.32. The number of aromatic nitrogens is 1. The van der Waals surface area contributed by atoms with Gasteiger partial charge in [0.05, 0.1) is 9.88 Å². The molecule has 0 bridgehead atoms. The summed E-state index contributed by atoms with van der Waals surface area (Å²) in [6, 6.07) is 8.08. The van der Waals surface area contributed by atoms with Gasteiger partial charge in [-0.05, 0) is 38.7 Å². The SMILES string of the molecule is Cc1n[c]c(-c2cccc(OCCN(C)C)c2)s1. The maximum absolute atomic E-state index is 5.71. The van der Waals surface area contributed by atoms with Gasteiger partial charge < -0.3 is 9.64 Å². The number of hydrogen-bond acceptors (Lipinski definition) is 4. The van der Waals surface area contributed by atoms with Gasteiger partial charge >= 0.3 is 0 Å². The van der Waals surface area contributed by atoms with E-state index in [9.17, 15) is 0 Å². The van der Waals surface area contributed by atoms with Crippen LogP contribution >= 0.6 is 11.3 Å². The summed E-state index contributed by atoms with van der Waals surface area (Å²) in [5.41, 5.74) is 1.11. The zero-order valence-electron chi connectivity index (χ0n) is 10.9. The Hall–Kier alpha value is -1.39. The lowest BCUT2D eigenvalue weighted by atomic mass is 10.2. The Kier molecular flexibility index (Phi) is 4.33. The van der Waals surface area contributed by atoms with Crippen molar-refractivity contribution in [3.05, 3.63) is 35.5 Å². The van der Waals surface area contributed by atoms with E-state index in [1.165, 1.54) is 0 Å². The van der Waals surface area contributed by atoms with Crippen molar-refractivity contribution in [2.24, 2.45) is 0 Å². The van der Waals surface area contributed by atoms with Crippen LogP contribution in [0.1, 0.15) is 5.01 Å². The van der Waals surface area contributed by atoms with Crippen LogP contribution in [0.25, 0.3) is 10.4 Å². The molecule has 0 fully saturated rings. The van der Waals surface area contributed by atoms with E-state index in [1.54, 1.807) is 11.3 Å². The van der Waals surface area contributed by atoms with Gasteiger partial charge in [0.1, 0.15) is 18.6 Å². The number of rotatable bonds is 5. The monoisotopic (exact) mass is 261 g/mol. The number of aryl methyl sites for hydroxylation is 1. The van der Waals surface area contributed by atoms with Crippen molar-refractivity contribution in [3.8, 4) is 16.2 Å². The van der Waals surface area contributed by atoms with E-state index in [1.807, 2.05) is 39.2 Å². The quantitative estimate of drug-likeness (QED) is 0.827. The zero-order valence-corrected chi connectivity index (χ0v) is 11.8. The van der Waals surface area contributed by atoms with E-state index < -0.39 is 0 Å². The van der Waals surface area contributed by atoms with Crippen LogP contribution in [0.3, 0.4) is 0 Å². The van der Waals surface area contributed by atoms with Crippen LogP contribution in [-0.4, -0.2) is 37.1 Å². The van der Waals surface area contributed by atoms with Gasteiger partial charge in [-0.1, -0.05) is 12.1 Å². The minimum Gasteiger partial charge on any atom is -0.492 e. The molecule has 1 heterocycles. The highest BCUT2D eigenvalue weighted by Gasteiger charge is 2.04. The number of nitrogens with zero attached hydrogens (tertiary/aromatic N) is 2. The van der Waals surface area contributed by atoms with Gasteiger partial charge in [-0.3, -0.25) is 0 Å². The smallest absolute Gasteiger partial charge is 0.120 e. The molecule has 18 heavy (non-hydrogen) atoms. The molecule has 1 aromatic carbocycles. The molecule has 0 saturated heterocycles. The molecular formula is C14H17N2OS. The first-order valence-electron chi connectivity index (χ1n) is 5.88. The molecule has 0 saturated carbocycles. The molecule has 2 aromatic rings. The molecule has 1 aromatic heterocycles. The van der Waals surface area contributed by atoms with Gasteiger partial charge in [0.15, 0.2) is 0 Å². The maximum Gasteiger partial charge on any atom is 0.120 e. The lowest BCUT2D eigenvalue weighted by Gasteiger charge is -2.11. The maximum atomic E-state index is 5.71. The van der Waals surface area contributed by atoms with Crippen LogP contribution in [0.5, 0.6) is 5.75 Å². The molecule has 0 aliphatic rings. The molecule has 0 aliphatic carbocycles. The number of benzene rings is 1. The van der Waals surface area contributed by atoms with Crippen LogP contribution in [0.15, 0.2) is 24.3 Å². The van der Waals surface area contributed by atoms with Crippen LogP contribution < -0.4 is 4.74 Å². The third-order valence-electron chi connectivity index (χ3n) is 2.47. The van der Waals surface area contributed by atoms with E-state index in [0.717, 1.165) is 27.7 Å². The van der Waals surface area contributed by atoms with Gasteiger partial charge in [-0.25, -0.2) is 4.98 Å². The highest BCUT2D eigenvalue weighted by molar-refractivity contribution is 7.15. The first-order valence-corrected chi connectivity index (χ1v) is 6.70. The molecule has 4 heteroatoms. The Morgan fingerprint density at radius 3 is 2.89 bits per heavy atom. The molecule has 0 atom stereocenters. The third kappa shape index (κ3) is 3.55. The minimum atomic E-state index is 0.696. The lowest BCUT2D eigenvalue weighted by molar-refractivity contribution is 0.261. The molecule has 95 valence electrons. The molecule has 1 radical (unpaired) electrons. The molecule has 0 unspecified atom stereocenters. The lowest BCUT2D eigenvalue weighted by Crippen LogP contribution is -2.19. The first kappa shape index (κ1) is 13.1. The molecule has 0 N–H and O–H groups in total. The van der Waals surface area contributed by atoms with Gasteiger partial charge in [0.2, 0.25) is 0 Å². The van der Waals surface area contributed by atoms with Crippen LogP contribution in [0.2, 0.25) is 0 Å². The largest absolute Gasteiger partial charge is 0.492 e. The van der Waals surface area contributed by atoms with Gasteiger partial charge in [0.25, 0.3) is 0 Å². The fraction of sp³-hybridized carbons (Fsp3) is 0.357. The van der Waals surface area contributed by atoms with Gasteiger partial charge in [0, 0.05) is 6.54 Å². The van der Waals surface area contributed by atoms with Crippen molar-refractivity contribution in [1.82, 2.24) is 9.88 Å². The summed E-state index contributed by atoms with van der Waals surface area (Å²) in [6.07, 6.45) is 3.03. The summed E-state index contributed by atoms with van der Waals surface area (Å²) >= 11 is 1.65. The minimum absolute atomic E-state index is 0.696. The average Bonchev–Trinajstić information content (AvgIpc) is 2.76. The standard InChI is InChI=1S/C14H17N2OS/c1-11-15-10-14(18-11)12-5-4-6-13(9-12)17-8-7-16(2)3/h4-6,9H,7-8H2,1-3H3. The van der Waals surface area contributed by atoms with E-state index in [-0.39, 0.29) is 0 Å². The van der Waals surface area contributed by atoms with Crippen molar-refractivity contribution in [1.29, 1.82) is 0 Å². The van der Waals surface area contributed by atoms with E-state index >= 15 is 0 Å². The Bertz CT molecular complexity index is 508. The summed E-state index contributed by atoms with van der Waals surface area (Å²) in [7, 11) is 4.07. The van der Waals surface area contributed by atoms with Crippen molar-refractivity contribution < 1.29 is 4.74 Å². The molecule has 0 aliphatic heterocycles. The zero-order chi connectivity index (χ0) is 13.0. The third-order valence-corrected chi connectivity index (χ3v) is 3.39. The molecule has 2 rings (SSSR count). The number of likely N-dealkylation sites (N-methyl/N-ethyl adjacent to an activating group) is 1. The second-order valence-electron chi connectivity index (χ2n) is 4.35. The summed E-state index contributed by atoms with van der Waals surface area (Å²) in [5.74, 6) is 0.897. The van der Waals surface area contributed by atoms with Crippen molar-refractivity contribution in [3.63, 3.8) is 0 Å².